The number of rotatable bonds is 37. The number of carbonyl (C=O) groups excluding carboxylic acids is 2. The van der Waals surface area contributed by atoms with Crippen molar-refractivity contribution in [3.8, 4) is 0 Å². The van der Waals surface area contributed by atoms with Crippen molar-refractivity contribution in [2.24, 2.45) is 0 Å². The molecular weight excluding hydrogens is 709 g/mol. The minimum absolute atomic E-state index is 0.0435. The molecular formula is C42H74NO10P. The summed E-state index contributed by atoms with van der Waals surface area (Å²) in [6.45, 7) is 1.97. The van der Waals surface area contributed by atoms with E-state index in [4.69, 9.17) is 9.63 Å². The number of allylic oxidation sites excluding steroid dienone is 8. The van der Waals surface area contributed by atoms with E-state index in [0.717, 1.165) is 89.9 Å². The molecule has 0 aliphatic rings. The van der Waals surface area contributed by atoms with Crippen LogP contribution in [0.25, 0.3) is 0 Å². The summed E-state index contributed by atoms with van der Waals surface area (Å²) in [5, 5.41) is 28.3. The average molecular weight is 784 g/mol. The van der Waals surface area contributed by atoms with Crippen LogP contribution >= 0.6 is 7.82 Å². The molecule has 3 atom stereocenters. The Balaban J connectivity index is 4.91. The van der Waals surface area contributed by atoms with Gasteiger partial charge in [0.15, 0.2) is 6.04 Å². The van der Waals surface area contributed by atoms with Gasteiger partial charge < -0.3 is 20.2 Å². The molecule has 312 valence electrons. The molecule has 0 heterocycles. The number of imide groups is 1. The van der Waals surface area contributed by atoms with E-state index in [9.17, 15) is 34.1 Å². The number of phosphoric ester groups is 1. The molecule has 3 unspecified atom stereocenters. The standard InChI is InChI=1S/C42H74NO10P/c1-3-5-7-9-11-13-15-17-19-21-23-25-27-29-31-33-40(46)43(39(42(48)49)37-53-54(50,51)52-36-38(45)35-44)41(47)34-32-30-28-26-24-22-20-18-16-14-12-10-8-6-4-2/h11-14,17-20,38-39,44-45H,3-10,15-16,21-37H2,1-2H3,(H,48,49)(H,50,51)/b13-11-,14-12-,19-17-,20-18-. The van der Waals surface area contributed by atoms with Crippen LogP contribution in [0.3, 0.4) is 0 Å². The fraction of sp³-hybridized carbons (Fsp3) is 0.738. The van der Waals surface area contributed by atoms with Crippen LogP contribution in [0.1, 0.15) is 168 Å². The quantitative estimate of drug-likeness (QED) is 0.0270. The highest BCUT2D eigenvalue weighted by atomic mass is 31.2. The van der Waals surface area contributed by atoms with Crippen LogP contribution in [0, 0.1) is 0 Å². The van der Waals surface area contributed by atoms with Crippen molar-refractivity contribution in [2.45, 2.75) is 180 Å². The molecule has 0 aliphatic heterocycles. The second-order valence-electron chi connectivity index (χ2n) is 13.9. The van der Waals surface area contributed by atoms with Gasteiger partial charge in [0.05, 0.1) is 19.8 Å². The molecule has 0 fully saturated rings. The molecule has 0 saturated heterocycles. The molecule has 11 nitrogen and oxygen atoms in total. The van der Waals surface area contributed by atoms with E-state index >= 15 is 0 Å². The zero-order chi connectivity index (χ0) is 40.1. The van der Waals surface area contributed by atoms with Gasteiger partial charge in [-0.05, 0) is 77.0 Å². The van der Waals surface area contributed by atoms with Gasteiger partial charge in [-0.2, -0.15) is 0 Å². The highest BCUT2D eigenvalue weighted by Crippen LogP contribution is 2.43. The highest BCUT2D eigenvalue weighted by Gasteiger charge is 2.37. The first-order valence-corrected chi connectivity index (χ1v) is 22.2. The van der Waals surface area contributed by atoms with Crippen LogP contribution in [0.4, 0.5) is 0 Å². The maximum absolute atomic E-state index is 13.3. The lowest BCUT2D eigenvalue weighted by Crippen LogP contribution is -2.50. The van der Waals surface area contributed by atoms with Gasteiger partial charge in [-0.3, -0.25) is 23.5 Å². The highest BCUT2D eigenvalue weighted by molar-refractivity contribution is 7.47. The molecule has 54 heavy (non-hydrogen) atoms. The fourth-order valence-electron chi connectivity index (χ4n) is 5.59. The van der Waals surface area contributed by atoms with Crippen molar-refractivity contribution in [2.75, 3.05) is 19.8 Å². The van der Waals surface area contributed by atoms with E-state index in [0.29, 0.717) is 17.7 Å². The SMILES string of the molecule is CCCCC/C=C\C/C=C\CCCCCCCC(=O)N(C(=O)CCCCCCC/C=C\C/C=C\CCCCC)C(COP(=O)(O)OCC(O)CO)C(=O)O. The molecule has 0 aliphatic carbocycles. The van der Waals surface area contributed by atoms with Gasteiger partial charge >= 0.3 is 13.8 Å². The van der Waals surface area contributed by atoms with E-state index in [1.807, 2.05) is 0 Å². The van der Waals surface area contributed by atoms with Crippen molar-refractivity contribution in [1.82, 2.24) is 4.90 Å². The Hall–Kier alpha value is -2.40. The second-order valence-corrected chi connectivity index (χ2v) is 15.3. The van der Waals surface area contributed by atoms with Crippen molar-refractivity contribution >= 4 is 25.6 Å². The van der Waals surface area contributed by atoms with Crippen LogP contribution in [0.5, 0.6) is 0 Å². The van der Waals surface area contributed by atoms with Crippen LogP contribution < -0.4 is 0 Å². The molecule has 0 aromatic heterocycles. The smallest absolute Gasteiger partial charge is 0.472 e. The Bertz CT molecular complexity index is 1060. The minimum Gasteiger partial charge on any atom is -0.480 e. The maximum Gasteiger partial charge on any atom is 0.472 e. The lowest BCUT2D eigenvalue weighted by atomic mass is 10.1. The third kappa shape index (κ3) is 30.9. The van der Waals surface area contributed by atoms with Gasteiger partial charge in [0, 0.05) is 12.8 Å². The summed E-state index contributed by atoms with van der Waals surface area (Å²) >= 11 is 0. The zero-order valence-electron chi connectivity index (χ0n) is 33.5. The maximum atomic E-state index is 13.3. The summed E-state index contributed by atoms with van der Waals surface area (Å²) in [6, 6.07) is -1.84. The Morgan fingerprint density at radius 3 is 1.35 bits per heavy atom. The van der Waals surface area contributed by atoms with E-state index in [2.05, 4.69) is 67.0 Å². The number of carbonyl (C=O) groups is 3. The van der Waals surface area contributed by atoms with Gasteiger partial charge in [0.2, 0.25) is 11.8 Å². The molecule has 0 aromatic carbocycles. The normalized spacial score (nSPS) is 14.4. The lowest BCUT2D eigenvalue weighted by molar-refractivity contribution is -0.159. The Morgan fingerprint density at radius 1 is 0.593 bits per heavy atom. The van der Waals surface area contributed by atoms with Crippen LogP contribution in [0.2, 0.25) is 0 Å². The molecule has 0 spiro atoms. The van der Waals surface area contributed by atoms with Crippen molar-refractivity contribution in [3.05, 3.63) is 48.6 Å². The van der Waals surface area contributed by atoms with Crippen molar-refractivity contribution in [1.29, 1.82) is 0 Å². The number of carboxylic acid groups (broad SMARTS) is 1. The largest absolute Gasteiger partial charge is 0.480 e. The van der Waals surface area contributed by atoms with Crippen molar-refractivity contribution in [3.63, 3.8) is 0 Å². The fourth-order valence-corrected chi connectivity index (χ4v) is 6.36. The van der Waals surface area contributed by atoms with Crippen LogP contribution in [-0.2, 0) is 28.0 Å². The molecule has 0 aromatic rings. The third-order valence-electron chi connectivity index (χ3n) is 8.85. The summed E-state index contributed by atoms with van der Waals surface area (Å²) < 4.78 is 21.8. The summed E-state index contributed by atoms with van der Waals surface area (Å²) in [4.78, 5) is 49.6. The van der Waals surface area contributed by atoms with Gasteiger partial charge in [0.25, 0.3) is 0 Å². The number of aliphatic hydroxyl groups excluding tert-OH is 2. The number of hydrogen-bond donors (Lipinski definition) is 4. The predicted molar refractivity (Wildman–Crippen MR) is 217 cm³/mol. The molecule has 0 radical (unpaired) electrons. The summed E-state index contributed by atoms with van der Waals surface area (Å²) in [5.41, 5.74) is 0. The Morgan fingerprint density at radius 2 is 0.963 bits per heavy atom. The van der Waals surface area contributed by atoms with Crippen molar-refractivity contribution < 1.29 is 48.2 Å². The van der Waals surface area contributed by atoms with E-state index in [-0.39, 0.29) is 12.8 Å². The lowest BCUT2D eigenvalue weighted by Gasteiger charge is -2.28. The first kappa shape index (κ1) is 51.6. The average Bonchev–Trinajstić information content (AvgIpc) is 3.15. The number of amides is 2. The zero-order valence-corrected chi connectivity index (χ0v) is 34.4. The summed E-state index contributed by atoms with van der Waals surface area (Å²) in [7, 11) is -4.86. The van der Waals surface area contributed by atoms with Gasteiger partial charge in [-0.25, -0.2) is 9.36 Å². The summed E-state index contributed by atoms with van der Waals surface area (Å²) in [6.07, 6.45) is 37.9. The number of nitrogens with zero attached hydrogens (tertiary/aromatic N) is 1. The second kappa shape index (κ2) is 36.3. The summed E-state index contributed by atoms with van der Waals surface area (Å²) in [5.74, 6) is -2.91. The number of aliphatic carboxylic acids is 1. The minimum atomic E-state index is -4.86. The molecule has 2 amide bonds. The number of phosphoric acid groups is 1. The molecule has 4 N–H and O–H groups in total. The molecule has 12 heteroatoms. The first-order valence-electron chi connectivity index (χ1n) is 20.7. The van der Waals surface area contributed by atoms with Crippen LogP contribution in [0.15, 0.2) is 48.6 Å². The third-order valence-corrected chi connectivity index (χ3v) is 9.80. The Kier molecular flexibility index (Phi) is 34.6. The van der Waals surface area contributed by atoms with Crippen LogP contribution in [-0.4, -0.2) is 74.9 Å². The topological polar surface area (TPSA) is 171 Å². The Labute approximate surface area is 326 Å². The van der Waals surface area contributed by atoms with Gasteiger partial charge in [-0.15, -0.1) is 0 Å². The van der Waals surface area contributed by atoms with Gasteiger partial charge in [0.1, 0.15) is 6.10 Å². The number of carboxylic acids is 1. The predicted octanol–water partition coefficient (Wildman–Crippen LogP) is 9.91. The number of hydrogen-bond acceptors (Lipinski definition) is 8. The van der Waals surface area contributed by atoms with Gasteiger partial charge in [-0.1, -0.05) is 127 Å². The number of unbranched alkanes of at least 4 members (excludes halogenated alkanes) is 16. The monoisotopic (exact) mass is 784 g/mol. The molecule has 0 saturated carbocycles. The first-order chi connectivity index (χ1) is 26.1. The number of aliphatic hydroxyl groups is 2. The van der Waals surface area contributed by atoms with E-state index < -0.39 is 57.6 Å². The molecule has 0 bridgehead atoms. The van der Waals surface area contributed by atoms with E-state index in [1.54, 1.807) is 0 Å². The molecule has 0 rings (SSSR count). The van der Waals surface area contributed by atoms with E-state index in [1.165, 1.54) is 38.5 Å².